The summed E-state index contributed by atoms with van der Waals surface area (Å²) in [5.41, 5.74) is 7.94. The monoisotopic (exact) mass is 285 g/mol. The van der Waals surface area contributed by atoms with Gasteiger partial charge in [-0.05, 0) is 44.0 Å². The minimum Gasteiger partial charge on any atom is -0.487 e. The second-order valence-corrected chi connectivity index (χ2v) is 5.33. The van der Waals surface area contributed by atoms with Crippen LogP contribution in [0.25, 0.3) is 0 Å². The molecule has 1 aromatic carbocycles. The summed E-state index contributed by atoms with van der Waals surface area (Å²) < 4.78 is 5.78. The van der Waals surface area contributed by atoms with Crippen molar-refractivity contribution in [3.63, 3.8) is 0 Å². The van der Waals surface area contributed by atoms with E-state index in [1.165, 1.54) is 5.56 Å². The van der Waals surface area contributed by atoms with E-state index in [0.717, 1.165) is 17.1 Å². The van der Waals surface area contributed by atoms with Crippen LogP contribution in [0.3, 0.4) is 0 Å². The Balaban J connectivity index is 2.13. The number of nitrogens with two attached hydrogens (primary N) is 1. The number of anilines is 1. The Morgan fingerprint density at radius 3 is 2.48 bits per heavy atom. The fourth-order valence-corrected chi connectivity index (χ4v) is 2.08. The van der Waals surface area contributed by atoms with E-state index in [2.05, 4.69) is 41.5 Å². The summed E-state index contributed by atoms with van der Waals surface area (Å²) in [5.74, 6) is 1.54. The van der Waals surface area contributed by atoms with Crippen LogP contribution in [0.5, 0.6) is 5.75 Å². The maximum Gasteiger partial charge on any atom is 0.169 e. The molecule has 0 amide bonds. The first-order valence-electron chi connectivity index (χ1n) is 7.27. The molecule has 4 heteroatoms. The Kier molecular flexibility index (Phi) is 5.17. The Morgan fingerprint density at radius 2 is 1.86 bits per heavy atom. The van der Waals surface area contributed by atoms with E-state index in [1.54, 1.807) is 6.20 Å². The zero-order valence-electron chi connectivity index (χ0n) is 12.8. The van der Waals surface area contributed by atoms with Crippen LogP contribution in [0.4, 0.5) is 5.82 Å². The molecule has 2 rings (SSSR count). The molecule has 21 heavy (non-hydrogen) atoms. The zero-order chi connectivity index (χ0) is 15.2. The van der Waals surface area contributed by atoms with Crippen molar-refractivity contribution in [3.8, 4) is 5.75 Å². The summed E-state index contributed by atoms with van der Waals surface area (Å²) >= 11 is 0. The maximum absolute atomic E-state index is 5.78. The van der Waals surface area contributed by atoms with Gasteiger partial charge in [0.1, 0.15) is 0 Å². The van der Waals surface area contributed by atoms with E-state index < -0.39 is 0 Å². The van der Waals surface area contributed by atoms with Gasteiger partial charge in [0, 0.05) is 12.7 Å². The molecule has 1 unspecified atom stereocenters. The molecule has 0 saturated carbocycles. The summed E-state index contributed by atoms with van der Waals surface area (Å²) in [6.07, 6.45) is 1.88. The standard InChI is InChI=1S/C17H23N3O/c1-12(2)21-16-5-4-10-19-17(16)20-13(3)15-8-6-14(11-18)7-9-15/h4-10,12-13H,11,18H2,1-3H3,(H,19,20). The summed E-state index contributed by atoms with van der Waals surface area (Å²) in [7, 11) is 0. The fourth-order valence-electron chi connectivity index (χ4n) is 2.08. The third-order valence-corrected chi connectivity index (χ3v) is 3.20. The van der Waals surface area contributed by atoms with Gasteiger partial charge in [-0.2, -0.15) is 0 Å². The summed E-state index contributed by atoms with van der Waals surface area (Å²) in [4.78, 5) is 4.37. The van der Waals surface area contributed by atoms with Crippen LogP contribution in [0.15, 0.2) is 42.6 Å². The van der Waals surface area contributed by atoms with Crippen LogP contribution in [0, 0.1) is 0 Å². The van der Waals surface area contributed by atoms with E-state index in [-0.39, 0.29) is 12.1 Å². The van der Waals surface area contributed by atoms with E-state index in [9.17, 15) is 0 Å². The van der Waals surface area contributed by atoms with Crippen LogP contribution in [-0.4, -0.2) is 11.1 Å². The molecule has 0 spiro atoms. The maximum atomic E-state index is 5.78. The van der Waals surface area contributed by atoms with Gasteiger partial charge in [0.15, 0.2) is 11.6 Å². The lowest BCUT2D eigenvalue weighted by molar-refractivity contribution is 0.242. The van der Waals surface area contributed by atoms with Crippen LogP contribution in [0.1, 0.15) is 37.9 Å². The molecule has 0 aliphatic carbocycles. The second kappa shape index (κ2) is 7.09. The quantitative estimate of drug-likeness (QED) is 0.852. The number of nitrogens with one attached hydrogen (secondary N) is 1. The van der Waals surface area contributed by atoms with Gasteiger partial charge in [-0.1, -0.05) is 24.3 Å². The minimum atomic E-state index is 0.119. The normalized spacial score (nSPS) is 12.2. The van der Waals surface area contributed by atoms with Crippen LogP contribution in [0.2, 0.25) is 0 Å². The molecule has 0 bridgehead atoms. The molecule has 4 nitrogen and oxygen atoms in total. The molecule has 0 aliphatic rings. The van der Waals surface area contributed by atoms with Crippen molar-refractivity contribution in [1.82, 2.24) is 4.98 Å². The van der Waals surface area contributed by atoms with Gasteiger partial charge >= 0.3 is 0 Å². The lowest BCUT2D eigenvalue weighted by Gasteiger charge is -2.19. The van der Waals surface area contributed by atoms with Gasteiger partial charge < -0.3 is 15.8 Å². The van der Waals surface area contributed by atoms with E-state index in [1.807, 2.05) is 26.0 Å². The molecule has 3 N–H and O–H groups in total. The smallest absolute Gasteiger partial charge is 0.169 e. The Morgan fingerprint density at radius 1 is 1.14 bits per heavy atom. The largest absolute Gasteiger partial charge is 0.487 e. The van der Waals surface area contributed by atoms with E-state index in [0.29, 0.717) is 6.54 Å². The molecule has 0 fully saturated rings. The van der Waals surface area contributed by atoms with Crippen molar-refractivity contribution in [3.05, 3.63) is 53.7 Å². The molecule has 1 heterocycles. The van der Waals surface area contributed by atoms with Gasteiger partial charge in [-0.3, -0.25) is 0 Å². The molecular weight excluding hydrogens is 262 g/mol. The third kappa shape index (κ3) is 4.20. The number of aromatic nitrogens is 1. The minimum absolute atomic E-state index is 0.119. The molecule has 0 aliphatic heterocycles. The lowest BCUT2D eigenvalue weighted by Crippen LogP contribution is -2.12. The number of pyridine rings is 1. The van der Waals surface area contributed by atoms with Gasteiger partial charge in [0.2, 0.25) is 0 Å². The van der Waals surface area contributed by atoms with Crippen molar-refractivity contribution in [2.24, 2.45) is 5.73 Å². The van der Waals surface area contributed by atoms with Gasteiger partial charge in [-0.25, -0.2) is 4.98 Å². The van der Waals surface area contributed by atoms with Crippen LogP contribution >= 0.6 is 0 Å². The summed E-state index contributed by atoms with van der Waals surface area (Å²) in [5, 5.41) is 3.40. The molecular formula is C17H23N3O. The number of benzene rings is 1. The average molecular weight is 285 g/mol. The van der Waals surface area contributed by atoms with Crippen LogP contribution < -0.4 is 15.8 Å². The molecule has 0 radical (unpaired) electrons. The summed E-state index contributed by atoms with van der Waals surface area (Å²) in [6.45, 7) is 6.68. The fraction of sp³-hybridized carbons (Fsp3) is 0.353. The van der Waals surface area contributed by atoms with Crippen LogP contribution in [-0.2, 0) is 6.54 Å². The lowest BCUT2D eigenvalue weighted by atomic mass is 10.1. The third-order valence-electron chi connectivity index (χ3n) is 3.20. The Hall–Kier alpha value is -2.07. The van der Waals surface area contributed by atoms with Gasteiger partial charge in [0.05, 0.1) is 12.1 Å². The Bertz CT molecular complexity index is 567. The van der Waals surface area contributed by atoms with Gasteiger partial charge in [-0.15, -0.1) is 0 Å². The number of hydrogen-bond donors (Lipinski definition) is 2. The molecule has 112 valence electrons. The highest BCUT2D eigenvalue weighted by Gasteiger charge is 2.11. The first kappa shape index (κ1) is 15.3. The second-order valence-electron chi connectivity index (χ2n) is 5.33. The highest BCUT2D eigenvalue weighted by molar-refractivity contribution is 5.51. The summed E-state index contributed by atoms with van der Waals surface area (Å²) in [6, 6.07) is 12.2. The highest BCUT2D eigenvalue weighted by Crippen LogP contribution is 2.26. The molecule has 0 saturated heterocycles. The predicted octanol–water partition coefficient (Wildman–Crippen LogP) is 3.50. The first-order chi connectivity index (χ1) is 10.1. The zero-order valence-corrected chi connectivity index (χ0v) is 12.8. The van der Waals surface area contributed by atoms with Gasteiger partial charge in [0.25, 0.3) is 0 Å². The van der Waals surface area contributed by atoms with E-state index in [4.69, 9.17) is 10.5 Å². The van der Waals surface area contributed by atoms with Crippen molar-refractivity contribution >= 4 is 5.82 Å². The number of nitrogens with zero attached hydrogens (tertiary/aromatic N) is 1. The number of hydrogen-bond acceptors (Lipinski definition) is 4. The molecule has 1 aromatic heterocycles. The molecule has 1 atom stereocenters. The van der Waals surface area contributed by atoms with Crippen molar-refractivity contribution in [2.75, 3.05) is 5.32 Å². The van der Waals surface area contributed by atoms with E-state index >= 15 is 0 Å². The highest BCUT2D eigenvalue weighted by atomic mass is 16.5. The SMILES string of the molecule is CC(C)Oc1cccnc1NC(C)c1ccc(CN)cc1. The first-order valence-corrected chi connectivity index (χ1v) is 7.27. The number of ether oxygens (including phenoxy) is 1. The van der Waals surface area contributed by atoms with Crippen molar-refractivity contribution in [2.45, 2.75) is 39.5 Å². The molecule has 2 aromatic rings. The number of rotatable bonds is 6. The Labute approximate surface area is 126 Å². The predicted molar refractivity (Wildman–Crippen MR) is 86.4 cm³/mol. The van der Waals surface area contributed by atoms with Crippen molar-refractivity contribution in [1.29, 1.82) is 0 Å². The average Bonchev–Trinajstić information content (AvgIpc) is 2.49. The topological polar surface area (TPSA) is 60.2 Å². The van der Waals surface area contributed by atoms with Crippen molar-refractivity contribution < 1.29 is 4.74 Å².